The summed E-state index contributed by atoms with van der Waals surface area (Å²) in [6.45, 7) is -0.516. The molecule has 1 fully saturated rings. The van der Waals surface area contributed by atoms with Crippen molar-refractivity contribution in [1.29, 1.82) is 0 Å². The number of ether oxygens (including phenoxy) is 1. The van der Waals surface area contributed by atoms with Crippen LogP contribution in [0.4, 0.5) is 0 Å². The highest BCUT2D eigenvalue weighted by Gasteiger charge is 2.33. The van der Waals surface area contributed by atoms with Gasteiger partial charge in [0.2, 0.25) is 0 Å². The first-order valence-corrected chi connectivity index (χ1v) is 9.43. The van der Waals surface area contributed by atoms with Gasteiger partial charge in [-0.05, 0) is 24.6 Å². The average Bonchev–Trinajstić information content (AvgIpc) is 2.86. The molecule has 0 radical (unpaired) electrons. The Bertz CT molecular complexity index is 733. The van der Waals surface area contributed by atoms with Crippen molar-refractivity contribution in [3.63, 3.8) is 0 Å². The van der Waals surface area contributed by atoms with Crippen LogP contribution < -0.4 is 0 Å². The second-order valence-corrected chi connectivity index (χ2v) is 8.44. The summed E-state index contributed by atoms with van der Waals surface area (Å²) in [5.41, 5.74) is -0.0572. The fraction of sp³-hybridized carbons (Fsp3) is 0.429. The number of rotatable bonds is 4. The fourth-order valence-corrected chi connectivity index (χ4v) is 4.40. The summed E-state index contributed by atoms with van der Waals surface area (Å²) in [6.07, 6.45) is 0.380. The zero-order valence-electron chi connectivity index (χ0n) is 12.4. The number of esters is 1. The van der Waals surface area contributed by atoms with Crippen molar-refractivity contribution in [2.45, 2.75) is 12.5 Å². The molecule has 126 valence electrons. The highest BCUT2D eigenvalue weighted by molar-refractivity contribution is 9.10. The van der Waals surface area contributed by atoms with Gasteiger partial charge in [-0.15, -0.1) is 0 Å². The summed E-state index contributed by atoms with van der Waals surface area (Å²) in [5.74, 6) is -1.59. The normalized spacial score (nSPS) is 19.3. The lowest BCUT2D eigenvalue weighted by Crippen LogP contribution is -2.40. The minimum atomic E-state index is -3.10. The molecule has 1 aromatic carbocycles. The lowest BCUT2D eigenvalue weighted by Gasteiger charge is -2.23. The van der Waals surface area contributed by atoms with Gasteiger partial charge in [-0.25, -0.2) is 13.2 Å². The lowest BCUT2D eigenvalue weighted by molar-refractivity contribution is -0.134. The Morgan fingerprint density at radius 1 is 1.43 bits per heavy atom. The first-order valence-electron chi connectivity index (χ1n) is 6.81. The quantitative estimate of drug-likeness (QED) is 0.748. The second kappa shape index (κ2) is 6.88. The number of amides is 1. The van der Waals surface area contributed by atoms with Gasteiger partial charge >= 0.3 is 5.97 Å². The molecule has 0 aromatic heterocycles. The van der Waals surface area contributed by atoms with Gasteiger partial charge in [-0.1, -0.05) is 15.9 Å². The van der Waals surface area contributed by atoms with Crippen molar-refractivity contribution in [3.8, 4) is 5.75 Å². The van der Waals surface area contributed by atoms with Crippen molar-refractivity contribution in [2.24, 2.45) is 0 Å². The van der Waals surface area contributed by atoms with Crippen LogP contribution in [0, 0.1) is 0 Å². The Labute approximate surface area is 142 Å². The van der Waals surface area contributed by atoms with E-state index >= 15 is 0 Å². The maximum absolute atomic E-state index is 12.0. The molecular weight excluding hydrogens is 390 g/mol. The molecule has 1 amide bonds. The summed E-state index contributed by atoms with van der Waals surface area (Å²) < 4.78 is 28.3. The van der Waals surface area contributed by atoms with E-state index in [0.29, 0.717) is 10.9 Å². The van der Waals surface area contributed by atoms with Gasteiger partial charge in [0.05, 0.1) is 11.5 Å². The van der Waals surface area contributed by atoms with Crippen molar-refractivity contribution in [2.75, 3.05) is 25.2 Å². The van der Waals surface area contributed by atoms with Crippen LogP contribution >= 0.6 is 15.9 Å². The van der Waals surface area contributed by atoms with Gasteiger partial charge in [0.25, 0.3) is 5.91 Å². The van der Waals surface area contributed by atoms with Gasteiger partial charge in [0.15, 0.2) is 16.4 Å². The van der Waals surface area contributed by atoms with Crippen LogP contribution in [0.5, 0.6) is 5.75 Å². The number of carbonyl (C=O) groups is 2. The van der Waals surface area contributed by atoms with Crippen LogP contribution in [0.25, 0.3) is 0 Å². The van der Waals surface area contributed by atoms with Gasteiger partial charge in [0.1, 0.15) is 11.3 Å². The van der Waals surface area contributed by atoms with Crippen molar-refractivity contribution in [3.05, 3.63) is 28.2 Å². The molecular formula is C14H16BrNO6S. The van der Waals surface area contributed by atoms with Crippen molar-refractivity contribution < 1.29 is 27.9 Å². The Morgan fingerprint density at radius 2 is 2.13 bits per heavy atom. The minimum absolute atomic E-state index is 0.0565. The largest absolute Gasteiger partial charge is 0.507 e. The van der Waals surface area contributed by atoms with E-state index in [4.69, 9.17) is 4.74 Å². The summed E-state index contributed by atoms with van der Waals surface area (Å²) in [5, 5.41) is 9.63. The molecule has 0 unspecified atom stereocenters. The molecule has 0 spiro atoms. The van der Waals surface area contributed by atoms with Gasteiger partial charge in [0, 0.05) is 17.6 Å². The summed E-state index contributed by atoms with van der Waals surface area (Å²) in [4.78, 5) is 25.2. The number of sulfone groups is 1. The van der Waals surface area contributed by atoms with E-state index in [0.717, 1.165) is 0 Å². The van der Waals surface area contributed by atoms with E-state index in [2.05, 4.69) is 15.9 Å². The number of hydrogen-bond donors (Lipinski definition) is 1. The number of likely N-dealkylation sites (N-methyl/N-ethyl adjacent to an activating group) is 1. The molecule has 1 atom stereocenters. The molecule has 9 heteroatoms. The first kappa shape index (κ1) is 17.7. The maximum Gasteiger partial charge on any atom is 0.342 e. The predicted octanol–water partition coefficient (Wildman–Crippen LogP) is 0.957. The Kier molecular flexibility index (Phi) is 5.30. The standard InChI is InChI=1S/C14H16BrNO6S/c1-16(10-4-5-23(20,21)8-10)13(18)7-22-14(19)11-6-9(15)2-3-12(11)17/h2-3,6,10,17H,4-5,7-8H2,1H3/t10-/m1/s1. The van der Waals surface area contributed by atoms with E-state index in [-0.39, 0.29) is 22.8 Å². The molecule has 0 saturated carbocycles. The molecule has 23 heavy (non-hydrogen) atoms. The Morgan fingerprint density at radius 3 is 2.74 bits per heavy atom. The molecule has 2 rings (SSSR count). The predicted molar refractivity (Wildman–Crippen MR) is 85.9 cm³/mol. The SMILES string of the molecule is CN(C(=O)COC(=O)c1cc(Br)ccc1O)[C@@H]1CCS(=O)(=O)C1. The monoisotopic (exact) mass is 405 g/mol. The van der Waals surface area contributed by atoms with Gasteiger partial charge in [-0.2, -0.15) is 0 Å². The molecule has 1 heterocycles. The fourth-order valence-electron chi connectivity index (χ4n) is 2.26. The number of benzene rings is 1. The number of phenolic OH excluding ortho intramolecular Hbond substituents is 1. The lowest BCUT2D eigenvalue weighted by atomic mass is 10.2. The average molecular weight is 406 g/mol. The van der Waals surface area contributed by atoms with E-state index in [1.807, 2.05) is 0 Å². The van der Waals surface area contributed by atoms with Gasteiger partial charge < -0.3 is 14.7 Å². The van der Waals surface area contributed by atoms with Crippen LogP contribution in [0.15, 0.2) is 22.7 Å². The van der Waals surface area contributed by atoms with Crippen LogP contribution in [0.2, 0.25) is 0 Å². The molecule has 7 nitrogen and oxygen atoms in total. The van der Waals surface area contributed by atoms with Gasteiger partial charge in [-0.3, -0.25) is 4.79 Å². The van der Waals surface area contributed by atoms with E-state index in [9.17, 15) is 23.1 Å². The minimum Gasteiger partial charge on any atom is -0.507 e. The molecule has 1 aliphatic heterocycles. The molecule has 1 aliphatic rings. The number of halogens is 1. The summed E-state index contributed by atoms with van der Waals surface area (Å²) in [7, 11) is -1.61. The van der Waals surface area contributed by atoms with E-state index < -0.39 is 34.4 Å². The highest BCUT2D eigenvalue weighted by atomic mass is 79.9. The number of aromatic hydroxyl groups is 1. The van der Waals surface area contributed by atoms with E-state index in [1.54, 1.807) is 6.07 Å². The Hall–Kier alpha value is -1.61. The third-order valence-electron chi connectivity index (χ3n) is 3.65. The molecule has 0 bridgehead atoms. The third-order valence-corrected chi connectivity index (χ3v) is 5.90. The zero-order valence-corrected chi connectivity index (χ0v) is 14.8. The van der Waals surface area contributed by atoms with Crippen LogP contribution in [-0.2, 0) is 19.4 Å². The van der Waals surface area contributed by atoms with Crippen molar-refractivity contribution in [1.82, 2.24) is 4.90 Å². The maximum atomic E-state index is 12.0. The number of phenols is 1. The number of hydrogen-bond acceptors (Lipinski definition) is 6. The third kappa shape index (κ3) is 4.44. The zero-order chi connectivity index (χ0) is 17.2. The molecule has 1 saturated heterocycles. The number of nitrogens with zero attached hydrogens (tertiary/aromatic N) is 1. The second-order valence-electron chi connectivity index (χ2n) is 5.30. The van der Waals surface area contributed by atoms with Crippen LogP contribution in [-0.4, -0.2) is 61.5 Å². The summed E-state index contributed by atoms with van der Waals surface area (Å²) in [6, 6.07) is 3.88. The molecule has 0 aliphatic carbocycles. The summed E-state index contributed by atoms with van der Waals surface area (Å²) >= 11 is 3.17. The highest BCUT2D eigenvalue weighted by Crippen LogP contribution is 2.22. The smallest absolute Gasteiger partial charge is 0.342 e. The topological polar surface area (TPSA) is 101 Å². The Balaban J connectivity index is 1.93. The number of carbonyl (C=O) groups excluding carboxylic acids is 2. The molecule has 1 aromatic rings. The van der Waals surface area contributed by atoms with Crippen LogP contribution in [0.1, 0.15) is 16.8 Å². The van der Waals surface area contributed by atoms with Crippen molar-refractivity contribution >= 4 is 37.6 Å². The van der Waals surface area contributed by atoms with E-state index in [1.165, 1.54) is 24.1 Å². The van der Waals surface area contributed by atoms with Crippen LogP contribution in [0.3, 0.4) is 0 Å². The molecule has 1 N–H and O–H groups in total. The first-order chi connectivity index (χ1) is 10.7.